The first-order valence-corrected chi connectivity index (χ1v) is 11.9. The van der Waals surface area contributed by atoms with Gasteiger partial charge in [0.25, 0.3) is 5.91 Å². The molecule has 0 atom stereocenters. The van der Waals surface area contributed by atoms with Crippen LogP contribution >= 0.6 is 0 Å². The molecule has 5 rings (SSSR count). The van der Waals surface area contributed by atoms with E-state index in [0.29, 0.717) is 12.0 Å². The van der Waals surface area contributed by atoms with Crippen molar-refractivity contribution in [3.8, 4) is 5.75 Å². The van der Waals surface area contributed by atoms with Gasteiger partial charge in [-0.15, -0.1) is 0 Å². The molecular weight excluding hydrogens is 428 g/mol. The van der Waals surface area contributed by atoms with Crippen LogP contribution < -0.4 is 4.74 Å². The number of ether oxygens (including phenoxy) is 2. The molecule has 0 bridgehead atoms. The van der Waals surface area contributed by atoms with Crippen molar-refractivity contribution in [2.45, 2.75) is 32.1 Å². The van der Waals surface area contributed by atoms with Gasteiger partial charge in [-0.2, -0.15) is 0 Å². The highest BCUT2D eigenvalue weighted by Gasteiger charge is 2.28. The molecule has 2 aliphatic rings. The third-order valence-electron chi connectivity index (χ3n) is 6.64. The van der Waals surface area contributed by atoms with Crippen LogP contribution in [0.15, 0.2) is 48.5 Å². The van der Waals surface area contributed by atoms with E-state index < -0.39 is 5.97 Å². The zero-order chi connectivity index (χ0) is 23.5. The number of hydrogen-bond acceptors (Lipinski definition) is 5. The van der Waals surface area contributed by atoms with E-state index in [1.807, 2.05) is 48.5 Å². The quantitative estimate of drug-likeness (QED) is 0.511. The number of hydrogen-bond donors (Lipinski definition) is 0. The lowest BCUT2D eigenvalue weighted by atomic mass is 10.0. The average Bonchev–Trinajstić information content (AvgIpc) is 3.28. The fourth-order valence-electron chi connectivity index (χ4n) is 4.85. The number of amides is 1. The first-order chi connectivity index (χ1) is 16.6. The van der Waals surface area contributed by atoms with Gasteiger partial charge in [-0.25, -0.2) is 9.78 Å². The van der Waals surface area contributed by atoms with Crippen molar-refractivity contribution in [2.75, 3.05) is 26.8 Å². The molecule has 0 saturated carbocycles. The van der Waals surface area contributed by atoms with Crippen LogP contribution in [0.4, 0.5) is 0 Å². The Morgan fingerprint density at radius 3 is 2.53 bits per heavy atom. The van der Waals surface area contributed by atoms with Gasteiger partial charge in [0, 0.05) is 18.5 Å². The second kappa shape index (κ2) is 9.67. The minimum Gasteiger partial charge on any atom is -0.497 e. The molecule has 1 amide bonds. The fraction of sp³-hybridized carbons (Fsp3) is 0.321. The number of esters is 1. The SMILES string of the molecule is COc1ccc(/C=C2\CCc3c2nc2ccccc2c3C(=O)OCC(=O)N2CCCCC2)cc1. The topological polar surface area (TPSA) is 68.7 Å². The maximum Gasteiger partial charge on any atom is 0.339 e. The minimum absolute atomic E-state index is 0.122. The van der Waals surface area contributed by atoms with Gasteiger partial charge in [-0.05, 0) is 73.1 Å². The predicted octanol–water partition coefficient (Wildman–Crippen LogP) is 4.90. The molecular formula is C28H28N2O4. The van der Waals surface area contributed by atoms with Gasteiger partial charge < -0.3 is 14.4 Å². The summed E-state index contributed by atoms with van der Waals surface area (Å²) in [7, 11) is 1.65. The van der Waals surface area contributed by atoms with Gasteiger partial charge >= 0.3 is 5.97 Å². The maximum atomic E-state index is 13.3. The summed E-state index contributed by atoms with van der Waals surface area (Å²) in [6.07, 6.45) is 6.77. The molecule has 2 aromatic carbocycles. The molecule has 6 heteroatoms. The lowest BCUT2D eigenvalue weighted by Gasteiger charge is -2.26. The number of rotatable bonds is 5. The van der Waals surface area contributed by atoms with E-state index in [1.54, 1.807) is 12.0 Å². The molecule has 0 N–H and O–H groups in total. The third kappa shape index (κ3) is 4.40. The number of benzene rings is 2. The van der Waals surface area contributed by atoms with Crippen molar-refractivity contribution in [3.05, 3.63) is 70.9 Å². The van der Waals surface area contributed by atoms with Gasteiger partial charge in [-0.1, -0.05) is 30.3 Å². The number of likely N-dealkylation sites (tertiary alicyclic amines) is 1. The average molecular weight is 457 g/mol. The standard InChI is InChI=1S/C28H28N2O4/c1-33-21-12-9-19(10-13-21)17-20-11-14-23-26(22-7-3-4-8-24(22)29-27(20)23)28(32)34-18-25(31)30-15-5-2-6-16-30/h3-4,7-10,12-13,17H,2,5-6,11,14-16,18H2,1H3/b20-17+. The van der Waals surface area contributed by atoms with E-state index in [-0.39, 0.29) is 12.5 Å². The molecule has 2 heterocycles. The number of carbonyl (C=O) groups is 2. The Balaban J connectivity index is 1.45. The smallest absolute Gasteiger partial charge is 0.339 e. The second-order valence-corrected chi connectivity index (χ2v) is 8.79. The Kier molecular flexibility index (Phi) is 6.30. The molecule has 1 aromatic heterocycles. The summed E-state index contributed by atoms with van der Waals surface area (Å²) >= 11 is 0. The molecule has 1 fully saturated rings. The van der Waals surface area contributed by atoms with Crippen LogP contribution in [0.3, 0.4) is 0 Å². The molecule has 174 valence electrons. The number of nitrogens with zero attached hydrogens (tertiary/aromatic N) is 2. The normalized spacial score (nSPS) is 16.5. The van der Waals surface area contributed by atoms with Crippen LogP contribution in [0.25, 0.3) is 22.6 Å². The lowest BCUT2D eigenvalue weighted by Crippen LogP contribution is -2.38. The van der Waals surface area contributed by atoms with Gasteiger partial charge in [-0.3, -0.25) is 4.79 Å². The summed E-state index contributed by atoms with van der Waals surface area (Å²) in [6, 6.07) is 15.5. The summed E-state index contributed by atoms with van der Waals surface area (Å²) in [5.74, 6) is 0.233. The van der Waals surface area contributed by atoms with Gasteiger partial charge in [0.05, 0.1) is 23.9 Å². The van der Waals surface area contributed by atoms with Crippen molar-refractivity contribution in [2.24, 2.45) is 0 Å². The second-order valence-electron chi connectivity index (χ2n) is 8.79. The van der Waals surface area contributed by atoms with E-state index >= 15 is 0 Å². The van der Waals surface area contributed by atoms with Crippen molar-refractivity contribution in [1.82, 2.24) is 9.88 Å². The summed E-state index contributed by atoms with van der Waals surface area (Å²) in [5, 5.41) is 0.766. The molecule has 0 radical (unpaired) electrons. The highest BCUT2D eigenvalue weighted by Crippen LogP contribution is 2.38. The Hall–Kier alpha value is -3.67. The molecule has 0 spiro atoms. The first-order valence-electron chi connectivity index (χ1n) is 11.9. The van der Waals surface area contributed by atoms with Gasteiger partial charge in [0.2, 0.25) is 0 Å². The van der Waals surface area contributed by atoms with Gasteiger partial charge in [0.15, 0.2) is 6.61 Å². The van der Waals surface area contributed by atoms with Crippen LogP contribution in [0.5, 0.6) is 5.75 Å². The van der Waals surface area contributed by atoms with Crippen LogP contribution in [-0.2, 0) is 16.0 Å². The Labute approximate surface area is 199 Å². The number of aromatic nitrogens is 1. The van der Waals surface area contributed by atoms with E-state index in [4.69, 9.17) is 14.5 Å². The van der Waals surface area contributed by atoms with E-state index in [0.717, 1.165) is 77.8 Å². The Morgan fingerprint density at radius 1 is 1.00 bits per heavy atom. The molecule has 6 nitrogen and oxygen atoms in total. The van der Waals surface area contributed by atoms with Crippen molar-refractivity contribution in [1.29, 1.82) is 0 Å². The number of carbonyl (C=O) groups excluding carboxylic acids is 2. The van der Waals surface area contributed by atoms with Crippen molar-refractivity contribution >= 4 is 34.4 Å². The zero-order valence-electron chi connectivity index (χ0n) is 19.4. The Morgan fingerprint density at radius 2 is 1.76 bits per heavy atom. The summed E-state index contributed by atoms with van der Waals surface area (Å²) in [6.45, 7) is 1.26. The predicted molar refractivity (Wildman–Crippen MR) is 132 cm³/mol. The summed E-state index contributed by atoms with van der Waals surface area (Å²) in [4.78, 5) is 32.5. The molecule has 1 aliphatic heterocycles. The number of para-hydroxylation sites is 1. The van der Waals surface area contributed by atoms with Crippen LogP contribution in [-0.4, -0.2) is 48.6 Å². The lowest BCUT2D eigenvalue weighted by molar-refractivity contribution is -0.135. The number of fused-ring (bicyclic) bond motifs is 2. The fourth-order valence-corrected chi connectivity index (χ4v) is 4.85. The number of piperidine rings is 1. The molecule has 3 aromatic rings. The number of allylic oxidation sites excluding steroid dienone is 1. The van der Waals surface area contributed by atoms with Crippen molar-refractivity contribution < 1.29 is 19.1 Å². The molecule has 34 heavy (non-hydrogen) atoms. The highest BCUT2D eigenvalue weighted by molar-refractivity contribution is 6.07. The number of pyridine rings is 1. The largest absolute Gasteiger partial charge is 0.497 e. The molecule has 0 unspecified atom stereocenters. The summed E-state index contributed by atoms with van der Waals surface area (Å²) < 4.78 is 10.8. The number of methoxy groups -OCH3 is 1. The van der Waals surface area contributed by atoms with Crippen molar-refractivity contribution in [3.63, 3.8) is 0 Å². The minimum atomic E-state index is -0.453. The van der Waals surface area contributed by atoms with E-state index in [9.17, 15) is 9.59 Å². The highest BCUT2D eigenvalue weighted by atomic mass is 16.5. The third-order valence-corrected chi connectivity index (χ3v) is 6.64. The monoisotopic (exact) mass is 456 g/mol. The first kappa shape index (κ1) is 22.1. The van der Waals surface area contributed by atoms with Gasteiger partial charge in [0.1, 0.15) is 5.75 Å². The van der Waals surface area contributed by atoms with E-state index in [2.05, 4.69) is 6.08 Å². The van der Waals surface area contributed by atoms with Crippen LogP contribution in [0.2, 0.25) is 0 Å². The van der Waals surface area contributed by atoms with E-state index in [1.165, 1.54) is 0 Å². The summed E-state index contributed by atoms with van der Waals surface area (Å²) in [5.41, 5.74) is 5.15. The molecule has 1 aliphatic carbocycles. The van der Waals surface area contributed by atoms with Crippen LogP contribution in [0, 0.1) is 0 Å². The zero-order valence-corrected chi connectivity index (χ0v) is 19.4. The van der Waals surface area contributed by atoms with Crippen LogP contribution in [0.1, 0.15) is 52.9 Å². The maximum absolute atomic E-state index is 13.3. The Bertz CT molecular complexity index is 1260. The molecule has 1 saturated heterocycles.